The van der Waals surface area contributed by atoms with Crippen molar-refractivity contribution in [2.75, 3.05) is 53.7 Å². The minimum Gasteiger partial charge on any atom is -0.492 e. The average Bonchev–Trinajstić information content (AvgIpc) is 0.803. The number of alkyl carbamates (subject to hydrolysis) is 1. The third-order valence-electron chi connectivity index (χ3n) is 15.6. The van der Waals surface area contributed by atoms with Crippen molar-refractivity contribution in [1.29, 1.82) is 0 Å². The third kappa shape index (κ3) is 39.0. The van der Waals surface area contributed by atoms with Gasteiger partial charge in [-0.2, -0.15) is 0 Å². The second-order valence-corrected chi connectivity index (χ2v) is 23.7. The highest BCUT2D eigenvalue weighted by molar-refractivity contribution is 5.88. The van der Waals surface area contributed by atoms with Gasteiger partial charge in [0.2, 0.25) is 17.7 Å². The Morgan fingerprint density at radius 1 is 0.500 bits per heavy atom. The van der Waals surface area contributed by atoms with E-state index in [1.165, 1.54) is 14.2 Å². The molecule has 9 N–H and O–H groups in total. The fourth-order valence-electron chi connectivity index (χ4n) is 10.1. The van der Waals surface area contributed by atoms with E-state index in [1.807, 2.05) is 30.4 Å². The summed E-state index contributed by atoms with van der Waals surface area (Å²) in [4.78, 5) is 66.5. The molecule has 0 aliphatic carbocycles. The van der Waals surface area contributed by atoms with Crippen LogP contribution in [0.5, 0.6) is 5.75 Å². The van der Waals surface area contributed by atoms with Crippen molar-refractivity contribution in [2.45, 2.75) is 223 Å². The molecule has 1 aromatic rings. The first-order chi connectivity index (χ1) is 48.7. The van der Waals surface area contributed by atoms with Crippen molar-refractivity contribution in [3.8, 4) is 5.75 Å². The van der Waals surface area contributed by atoms with E-state index >= 15 is 0 Å². The summed E-state index contributed by atoms with van der Waals surface area (Å²) in [6, 6.07) is 4.92. The molecule has 12 atom stereocenters. The lowest BCUT2D eigenvalue weighted by Gasteiger charge is -2.43. The smallest absolute Gasteiger partial charge is 0.408 e. The number of benzene rings is 1. The summed E-state index contributed by atoms with van der Waals surface area (Å²) in [6.07, 6.45) is 47.8. The van der Waals surface area contributed by atoms with E-state index in [0.29, 0.717) is 44.4 Å². The molecule has 22 nitrogen and oxygen atoms in total. The summed E-state index contributed by atoms with van der Waals surface area (Å²) in [7, 11) is 2.55. The number of aliphatic hydroxyl groups excluding tert-OH is 5. The van der Waals surface area contributed by atoms with Crippen LogP contribution < -0.4 is 26.0 Å². The number of ether oxygens (including phenoxy) is 8. The van der Waals surface area contributed by atoms with E-state index < -0.39 is 98.1 Å². The molecule has 0 saturated carbocycles. The van der Waals surface area contributed by atoms with Crippen LogP contribution in [0.25, 0.3) is 0 Å². The molecule has 4 amide bonds. The number of methoxy groups -OCH3 is 2. The minimum absolute atomic E-state index is 0.0189. The highest BCUT2D eigenvalue weighted by atomic mass is 16.7. The maximum Gasteiger partial charge on any atom is 0.408 e. The lowest BCUT2D eigenvalue weighted by molar-refractivity contribution is -0.328. The highest BCUT2D eigenvalue weighted by Gasteiger charge is 2.49. The number of rotatable bonds is 51. The molecular weight excluding hydrogens is 1280 g/mol. The molecule has 0 bridgehead atoms. The molecule has 2 aliphatic heterocycles. The number of unbranched alkanes of at least 4 members (excludes halogenated alkanes) is 1. The van der Waals surface area contributed by atoms with Gasteiger partial charge >= 0.3 is 12.1 Å². The summed E-state index contributed by atoms with van der Waals surface area (Å²) >= 11 is 0. The van der Waals surface area contributed by atoms with E-state index in [1.54, 1.807) is 19.1 Å². The SMILES string of the molecule is CC/C=C\C/C=C\C/C=C\C/C=C\C/C=C\C/C=C\CCC(=O)NCCOc1ccc(C[C@H](NC(=O)CC/C=C\C/C=C\C/C=C\C/C=C\C/C=C\C/C=C\CC)C(=O)NCCCC[C@H](NC(=O)O[C@@H]2C(O)[C@@H](OCC3O[C@H](OC)C(O)[C@@H](O)[C@@H]3O)OC(COC)[C@H]2O)C(=O)OCC)cc1. The second-order valence-electron chi connectivity index (χ2n) is 23.7. The summed E-state index contributed by atoms with van der Waals surface area (Å²) in [5, 5.41) is 64.6. The van der Waals surface area contributed by atoms with Gasteiger partial charge in [0.15, 0.2) is 18.7 Å². The number of carbonyl (C=O) groups excluding carboxylic acids is 5. The number of carbonyl (C=O) groups is 5. The largest absolute Gasteiger partial charge is 0.492 e. The standard InChI is InChI=1S/C78H116N4O18/c1-6-9-11-13-15-17-19-21-23-25-27-29-31-33-35-37-39-41-43-48-66(83)79-55-56-96-61-52-50-60(51-53-61)57-63(81-67(84)49-44-42-40-38-36-34-32-30-28-26-24-22-20-18-16-14-12-10-7-2)74(90)80-54-46-45-47-62(75(91)95-8-3)82-78(92)100-73-69(86)64(58-93-4)99-77(72(73)89)97-59-65-68(85)70(87)71(88)76(94-5)98-65/h9-12,15-18,21-24,27-30,33-36,39-42,50-53,62-65,68-73,76-77,85-89H,6-8,13-14,19-20,25-26,31-32,37-38,43-49,54-59H2,1-5H3,(H,79,83)(H,80,90)(H,81,84)(H,82,92)/b11-9-,12-10-,17-15-,18-16-,23-21-,24-22-,29-27-,30-28-,35-33-,36-34-,41-39-,42-40-/t62-,63-,64?,65?,68+,69+,70-,71?,72?,73-,76-,77-/m0/s1. The zero-order valence-electron chi connectivity index (χ0n) is 59.5. The maximum atomic E-state index is 13.9. The molecule has 4 unspecified atom stereocenters. The Labute approximate surface area is 593 Å². The van der Waals surface area contributed by atoms with Gasteiger partial charge in [-0.25, -0.2) is 9.59 Å². The second kappa shape index (κ2) is 56.3. The fraction of sp³-hybridized carbons (Fsp3) is 0.551. The van der Waals surface area contributed by atoms with Gasteiger partial charge in [0, 0.05) is 40.0 Å². The van der Waals surface area contributed by atoms with Crippen LogP contribution in [0.15, 0.2) is 170 Å². The van der Waals surface area contributed by atoms with E-state index in [4.69, 9.17) is 37.9 Å². The quantitative estimate of drug-likeness (QED) is 0.0166. The van der Waals surface area contributed by atoms with E-state index in [2.05, 4.69) is 163 Å². The first-order valence-corrected chi connectivity index (χ1v) is 35.5. The van der Waals surface area contributed by atoms with Crippen molar-refractivity contribution < 1.29 is 87.4 Å². The van der Waals surface area contributed by atoms with Crippen LogP contribution in [0.4, 0.5) is 4.79 Å². The molecule has 556 valence electrons. The van der Waals surface area contributed by atoms with Crippen LogP contribution in [0.3, 0.4) is 0 Å². The van der Waals surface area contributed by atoms with Gasteiger partial charge < -0.3 is 84.7 Å². The predicted octanol–water partition coefficient (Wildman–Crippen LogP) is 10.0. The Balaban J connectivity index is 1.53. The van der Waals surface area contributed by atoms with E-state index in [0.717, 1.165) is 76.2 Å². The monoisotopic (exact) mass is 1400 g/mol. The van der Waals surface area contributed by atoms with Crippen molar-refractivity contribution in [2.24, 2.45) is 0 Å². The molecule has 3 rings (SSSR count). The van der Waals surface area contributed by atoms with Crippen LogP contribution in [0.2, 0.25) is 0 Å². The van der Waals surface area contributed by atoms with Crippen LogP contribution in [-0.2, 0) is 58.8 Å². The summed E-state index contributed by atoms with van der Waals surface area (Å²) in [6.45, 7) is 5.76. The molecule has 100 heavy (non-hydrogen) atoms. The predicted molar refractivity (Wildman–Crippen MR) is 388 cm³/mol. The van der Waals surface area contributed by atoms with Crippen LogP contribution in [0.1, 0.15) is 148 Å². The van der Waals surface area contributed by atoms with Crippen molar-refractivity contribution in [1.82, 2.24) is 21.3 Å². The number of hydrogen-bond donors (Lipinski definition) is 9. The first kappa shape index (κ1) is 86.9. The van der Waals surface area contributed by atoms with Crippen LogP contribution in [0, 0.1) is 0 Å². The molecule has 2 saturated heterocycles. The van der Waals surface area contributed by atoms with Gasteiger partial charge in [0.25, 0.3) is 0 Å². The molecule has 2 heterocycles. The molecule has 0 radical (unpaired) electrons. The Hall–Kier alpha value is -7.35. The third-order valence-corrected chi connectivity index (χ3v) is 15.6. The molecule has 1 aromatic carbocycles. The van der Waals surface area contributed by atoms with Crippen LogP contribution in [-0.4, -0.2) is 183 Å². The van der Waals surface area contributed by atoms with Crippen molar-refractivity contribution >= 4 is 29.8 Å². The average molecular weight is 1400 g/mol. The van der Waals surface area contributed by atoms with Gasteiger partial charge in [-0.3, -0.25) is 14.4 Å². The summed E-state index contributed by atoms with van der Waals surface area (Å²) in [5.41, 5.74) is 0.748. The Morgan fingerprint density at radius 3 is 1.47 bits per heavy atom. The Bertz CT molecular complexity index is 2790. The fourth-order valence-corrected chi connectivity index (χ4v) is 10.1. The molecule has 0 spiro atoms. The lowest BCUT2D eigenvalue weighted by Crippen LogP contribution is -2.63. The van der Waals surface area contributed by atoms with Gasteiger partial charge in [-0.15, -0.1) is 0 Å². The number of esters is 1. The number of nitrogens with one attached hydrogen (secondary N) is 4. The molecule has 0 aromatic heterocycles. The molecule has 2 fully saturated rings. The molecule has 22 heteroatoms. The first-order valence-electron chi connectivity index (χ1n) is 35.5. The minimum atomic E-state index is -1.84. The maximum absolute atomic E-state index is 13.9. The van der Waals surface area contributed by atoms with E-state index in [-0.39, 0.29) is 63.9 Å². The zero-order valence-corrected chi connectivity index (χ0v) is 59.5. The molecule has 2 aliphatic rings. The topological polar surface area (TPSA) is 308 Å². The van der Waals surface area contributed by atoms with Gasteiger partial charge in [-0.05, 0) is 134 Å². The summed E-state index contributed by atoms with van der Waals surface area (Å²) in [5.74, 6) is -1.06. The molecular formula is C78H116N4O18. The van der Waals surface area contributed by atoms with Gasteiger partial charge in [0.05, 0.1) is 26.4 Å². The normalized spacial score (nSPS) is 22.2. The zero-order chi connectivity index (χ0) is 72.6. The van der Waals surface area contributed by atoms with Gasteiger partial charge in [-0.1, -0.05) is 172 Å². The van der Waals surface area contributed by atoms with E-state index in [9.17, 15) is 49.5 Å². The number of hydrogen-bond acceptors (Lipinski definition) is 18. The Kier molecular flexibility index (Phi) is 48.9. The van der Waals surface area contributed by atoms with Crippen molar-refractivity contribution in [3.63, 3.8) is 0 Å². The summed E-state index contributed by atoms with van der Waals surface area (Å²) < 4.78 is 43.8. The highest BCUT2D eigenvalue weighted by Crippen LogP contribution is 2.28. The number of amides is 4. The van der Waals surface area contributed by atoms with Crippen LogP contribution >= 0.6 is 0 Å². The van der Waals surface area contributed by atoms with Crippen molar-refractivity contribution in [3.05, 3.63) is 176 Å². The Morgan fingerprint density at radius 2 is 0.980 bits per heavy atom. The number of aliphatic hydroxyl groups is 5. The lowest BCUT2D eigenvalue weighted by atomic mass is 9.98. The number of allylic oxidation sites excluding steroid dienone is 24. The van der Waals surface area contributed by atoms with Gasteiger partial charge in [0.1, 0.15) is 67.2 Å².